The third-order valence-electron chi connectivity index (χ3n) is 9.16. The molecule has 2 aliphatic heterocycles. The predicted molar refractivity (Wildman–Crippen MR) is 166 cm³/mol. The van der Waals surface area contributed by atoms with Crippen molar-refractivity contribution >= 4 is 44.8 Å². The molecule has 3 aliphatic rings. The number of rotatable bonds is 4. The molecule has 0 saturated carbocycles. The molecular formula is C35H31ClN4. The summed E-state index contributed by atoms with van der Waals surface area (Å²) in [7, 11) is 0. The molecule has 5 heteroatoms. The van der Waals surface area contributed by atoms with Crippen molar-refractivity contribution in [2.75, 3.05) is 5.32 Å². The van der Waals surface area contributed by atoms with Gasteiger partial charge in [0.25, 0.3) is 0 Å². The van der Waals surface area contributed by atoms with E-state index in [1.54, 1.807) is 0 Å². The molecule has 0 bridgehead atoms. The van der Waals surface area contributed by atoms with Crippen molar-refractivity contribution in [1.29, 1.82) is 0 Å². The van der Waals surface area contributed by atoms with E-state index in [1.807, 2.05) is 6.07 Å². The maximum Gasteiger partial charge on any atom is 0.0952 e. The average Bonchev–Trinajstić information content (AvgIpc) is 3.70. The van der Waals surface area contributed by atoms with Crippen molar-refractivity contribution in [3.63, 3.8) is 0 Å². The third-order valence-corrected chi connectivity index (χ3v) is 9.40. The Morgan fingerprint density at radius 1 is 0.925 bits per heavy atom. The highest BCUT2D eigenvalue weighted by molar-refractivity contribution is 6.31. The van der Waals surface area contributed by atoms with Gasteiger partial charge in [0, 0.05) is 73.1 Å². The fraction of sp³-hybridized carbons (Fsp3) is 0.200. The van der Waals surface area contributed by atoms with Crippen LogP contribution in [0.25, 0.3) is 27.5 Å². The van der Waals surface area contributed by atoms with E-state index in [2.05, 4.69) is 137 Å². The molecule has 4 nitrogen and oxygen atoms in total. The molecule has 0 spiro atoms. The van der Waals surface area contributed by atoms with E-state index in [1.165, 1.54) is 44.4 Å². The summed E-state index contributed by atoms with van der Waals surface area (Å²) in [6, 6.07) is 24.0. The second-order valence-corrected chi connectivity index (χ2v) is 12.2. The van der Waals surface area contributed by atoms with E-state index in [0.29, 0.717) is 5.92 Å². The van der Waals surface area contributed by atoms with Gasteiger partial charge in [-0.05, 0) is 35.9 Å². The molecule has 0 radical (unpaired) electrons. The van der Waals surface area contributed by atoms with Gasteiger partial charge in [0.05, 0.1) is 18.8 Å². The van der Waals surface area contributed by atoms with Crippen LogP contribution in [0.3, 0.4) is 0 Å². The van der Waals surface area contributed by atoms with E-state index in [-0.39, 0.29) is 17.5 Å². The number of aromatic nitrogens is 2. The van der Waals surface area contributed by atoms with Gasteiger partial charge in [0.2, 0.25) is 0 Å². The number of halogens is 1. The zero-order valence-corrected chi connectivity index (χ0v) is 23.4. The van der Waals surface area contributed by atoms with Gasteiger partial charge in [0.15, 0.2) is 0 Å². The normalized spacial score (nSPS) is 22.5. The topological polar surface area (TPSA) is 36.0 Å². The Labute approximate surface area is 239 Å². The fourth-order valence-electron chi connectivity index (χ4n) is 7.15. The third kappa shape index (κ3) is 3.45. The molecule has 0 fully saturated rings. The van der Waals surface area contributed by atoms with E-state index in [4.69, 9.17) is 11.6 Å². The summed E-state index contributed by atoms with van der Waals surface area (Å²) in [6.45, 7) is 5.42. The van der Waals surface area contributed by atoms with Gasteiger partial charge >= 0.3 is 0 Å². The fourth-order valence-corrected chi connectivity index (χ4v) is 7.32. The van der Waals surface area contributed by atoms with Crippen molar-refractivity contribution in [3.05, 3.63) is 131 Å². The number of hydrogen-bond acceptors (Lipinski definition) is 2. The molecule has 3 unspecified atom stereocenters. The molecule has 8 rings (SSSR count). The summed E-state index contributed by atoms with van der Waals surface area (Å²) >= 11 is 6.61. The number of benzene rings is 3. The molecule has 1 aliphatic carbocycles. The summed E-state index contributed by atoms with van der Waals surface area (Å²) in [5.41, 5.74) is 8.67. The van der Waals surface area contributed by atoms with Crippen LogP contribution in [-0.2, 0) is 12.1 Å². The highest BCUT2D eigenvalue weighted by atomic mass is 35.5. The Morgan fingerprint density at radius 2 is 1.75 bits per heavy atom. The average molecular weight is 543 g/mol. The number of fused-ring (bicyclic) bond motifs is 4. The molecule has 0 saturated heterocycles. The summed E-state index contributed by atoms with van der Waals surface area (Å²) in [5.74, 6) is 0.342. The Bertz CT molecular complexity index is 1880. The summed E-state index contributed by atoms with van der Waals surface area (Å²) in [4.78, 5) is 6.05. The lowest BCUT2D eigenvalue weighted by atomic mass is 9.78. The molecule has 0 amide bonds. The smallest absolute Gasteiger partial charge is 0.0952 e. The maximum absolute atomic E-state index is 6.61. The van der Waals surface area contributed by atoms with Gasteiger partial charge in [-0.1, -0.05) is 92.2 Å². The van der Waals surface area contributed by atoms with Crippen LogP contribution >= 0.6 is 11.6 Å². The van der Waals surface area contributed by atoms with Crippen LogP contribution < -0.4 is 5.32 Å². The monoisotopic (exact) mass is 542 g/mol. The first-order valence-corrected chi connectivity index (χ1v) is 14.4. The Morgan fingerprint density at radius 3 is 2.65 bits per heavy atom. The minimum Gasteiger partial charge on any atom is -0.377 e. The number of nitrogens with zero attached hydrogens (tertiary/aromatic N) is 2. The number of allylic oxidation sites excluding steroid dienone is 2. The molecule has 3 atom stereocenters. The molecule has 198 valence electrons. The van der Waals surface area contributed by atoms with Crippen LogP contribution in [0.5, 0.6) is 0 Å². The predicted octanol–water partition coefficient (Wildman–Crippen LogP) is 8.65. The lowest BCUT2D eigenvalue weighted by molar-refractivity contribution is 0.277. The van der Waals surface area contributed by atoms with Crippen molar-refractivity contribution in [1.82, 2.24) is 14.5 Å². The quantitative estimate of drug-likeness (QED) is 0.238. The number of hydrogen-bond donors (Lipinski definition) is 2. The SMILES string of the molecule is CC1(C)c2ccccc2NC1c1cn(CN2C(c3c[nH]c4ccccc34)=CC3C=CC=CC32)c2ccc(Cl)cc12. The molecule has 5 aromatic rings. The van der Waals surface area contributed by atoms with Gasteiger partial charge in [-0.15, -0.1) is 0 Å². The van der Waals surface area contributed by atoms with Gasteiger partial charge < -0.3 is 19.8 Å². The first kappa shape index (κ1) is 23.7. The van der Waals surface area contributed by atoms with Gasteiger partial charge in [-0.2, -0.15) is 0 Å². The Hall–Kier alpha value is -4.15. The minimum atomic E-state index is -0.0667. The van der Waals surface area contributed by atoms with Crippen LogP contribution in [0.2, 0.25) is 5.02 Å². The Kier molecular flexibility index (Phi) is 5.14. The van der Waals surface area contributed by atoms with Crippen molar-refractivity contribution < 1.29 is 0 Å². The highest BCUT2D eigenvalue weighted by Crippen LogP contribution is 2.50. The van der Waals surface area contributed by atoms with Crippen LogP contribution in [-0.4, -0.2) is 20.5 Å². The second-order valence-electron chi connectivity index (χ2n) is 11.8. The minimum absolute atomic E-state index is 0.0667. The largest absolute Gasteiger partial charge is 0.377 e. The van der Waals surface area contributed by atoms with Crippen molar-refractivity contribution in [3.8, 4) is 0 Å². The lowest BCUT2D eigenvalue weighted by Crippen LogP contribution is -2.33. The Balaban J connectivity index is 1.24. The summed E-state index contributed by atoms with van der Waals surface area (Å²) in [5, 5.41) is 7.08. The maximum atomic E-state index is 6.61. The van der Waals surface area contributed by atoms with Crippen molar-refractivity contribution in [2.24, 2.45) is 5.92 Å². The standard InChI is InChI=1S/C35H31ClN4/c1-35(2)28-11-5-7-13-30(28)38-34(35)27-20-39(32-16-15-23(36)18-25(27)32)21-40-31-14-8-3-9-22(31)17-33(40)26-19-37-29-12-6-4-10-24(26)29/h3-20,22,31,34,37-38H,21H2,1-2H3. The molecular weight excluding hydrogens is 512 g/mol. The van der Waals surface area contributed by atoms with Crippen LogP contribution in [0.1, 0.15) is 36.6 Å². The second kappa shape index (κ2) is 8.67. The number of aromatic amines is 1. The molecule has 4 heterocycles. The molecule has 2 N–H and O–H groups in total. The van der Waals surface area contributed by atoms with Crippen LogP contribution in [0, 0.1) is 5.92 Å². The highest BCUT2D eigenvalue weighted by Gasteiger charge is 2.41. The lowest BCUT2D eigenvalue weighted by Gasteiger charge is -2.31. The van der Waals surface area contributed by atoms with E-state index in [9.17, 15) is 0 Å². The summed E-state index contributed by atoms with van der Waals surface area (Å²) in [6.07, 6.45) is 16.0. The van der Waals surface area contributed by atoms with Gasteiger partial charge in [0.1, 0.15) is 0 Å². The molecule has 3 aromatic carbocycles. The first-order chi connectivity index (χ1) is 19.5. The van der Waals surface area contributed by atoms with Gasteiger partial charge in [-0.3, -0.25) is 0 Å². The van der Waals surface area contributed by atoms with E-state index >= 15 is 0 Å². The van der Waals surface area contributed by atoms with Crippen LogP contribution in [0.4, 0.5) is 5.69 Å². The number of H-pyrrole nitrogens is 1. The van der Waals surface area contributed by atoms with Crippen LogP contribution in [0.15, 0.2) is 110 Å². The zero-order valence-electron chi connectivity index (χ0n) is 22.6. The van der Waals surface area contributed by atoms with E-state index < -0.39 is 0 Å². The number of para-hydroxylation sites is 2. The first-order valence-electron chi connectivity index (χ1n) is 14.0. The molecule has 40 heavy (non-hydrogen) atoms. The van der Waals surface area contributed by atoms with Crippen molar-refractivity contribution in [2.45, 2.75) is 38.0 Å². The molecule has 2 aromatic heterocycles. The van der Waals surface area contributed by atoms with Gasteiger partial charge in [-0.25, -0.2) is 0 Å². The van der Waals surface area contributed by atoms with E-state index in [0.717, 1.165) is 17.2 Å². The number of anilines is 1. The zero-order chi connectivity index (χ0) is 27.0. The number of nitrogens with one attached hydrogen (secondary N) is 2. The summed E-state index contributed by atoms with van der Waals surface area (Å²) < 4.78 is 2.42.